The quantitative estimate of drug-likeness (QED) is 0.824. The van der Waals surface area contributed by atoms with Crippen molar-refractivity contribution in [2.24, 2.45) is 0 Å². The number of fused-ring (bicyclic) bond motifs is 2. The van der Waals surface area contributed by atoms with Crippen molar-refractivity contribution >= 4 is 0 Å². The Morgan fingerprint density at radius 3 is 2.40 bits per heavy atom. The van der Waals surface area contributed by atoms with Gasteiger partial charge in [-0.15, -0.1) is 0 Å². The molecule has 5 nitrogen and oxygen atoms in total. The maximum Gasteiger partial charge on any atom is 0.166 e. The minimum Gasteiger partial charge on any atom is -0.504 e. The number of benzene rings is 2. The molecule has 5 heteroatoms. The van der Waals surface area contributed by atoms with Crippen LogP contribution in [0.15, 0.2) is 18.2 Å². The Morgan fingerprint density at radius 1 is 1.00 bits per heavy atom. The van der Waals surface area contributed by atoms with Crippen LogP contribution in [0.1, 0.15) is 22.7 Å². The normalized spacial score (nSPS) is 19.8. The topological polar surface area (TPSA) is 58.9 Å². The van der Waals surface area contributed by atoms with Gasteiger partial charge >= 0.3 is 0 Å². The summed E-state index contributed by atoms with van der Waals surface area (Å²) in [6.07, 6.45) is 1.78. The van der Waals surface area contributed by atoms with Gasteiger partial charge < -0.3 is 24.2 Å². The number of hydrogen-bond acceptors (Lipinski definition) is 4. The summed E-state index contributed by atoms with van der Waals surface area (Å²) in [5, 5.41) is 21.1. The van der Waals surface area contributed by atoms with Crippen LogP contribution in [0, 0.1) is 0 Å². The zero-order valence-electron chi connectivity index (χ0n) is 15.1. The minimum atomic E-state index is 0.133. The third-order valence-corrected chi connectivity index (χ3v) is 5.83. The van der Waals surface area contributed by atoms with Crippen molar-refractivity contribution in [3.05, 3.63) is 34.9 Å². The number of phenolic OH excluding ortho intramolecular Hbond substituents is 2. The first-order chi connectivity index (χ1) is 11.9. The van der Waals surface area contributed by atoms with Crippen molar-refractivity contribution in [2.75, 3.05) is 34.9 Å². The largest absolute Gasteiger partial charge is 0.504 e. The zero-order valence-corrected chi connectivity index (χ0v) is 15.1. The molecule has 0 amide bonds. The van der Waals surface area contributed by atoms with Crippen LogP contribution in [0.2, 0.25) is 0 Å². The maximum atomic E-state index is 10.9. The fourth-order valence-corrected chi connectivity index (χ4v) is 4.38. The van der Waals surface area contributed by atoms with Gasteiger partial charge in [0.2, 0.25) is 0 Å². The Bertz CT molecular complexity index is 873. The highest BCUT2D eigenvalue weighted by molar-refractivity contribution is 5.84. The van der Waals surface area contributed by atoms with Gasteiger partial charge in [0.15, 0.2) is 23.0 Å². The molecule has 0 bridgehead atoms. The van der Waals surface area contributed by atoms with Crippen molar-refractivity contribution in [3.8, 4) is 34.1 Å². The Labute approximate surface area is 147 Å². The summed E-state index contributed by atoms with van der Waals surface area (Å²) < 4.78 is 11.6. The molecule has 1 aliphatic heterocycles. The second kappa shape index (κ2) is 5.30. The SMILES string of the molecule is COc1cc2c(cc1O)C[C@@H]1c3c(cc(OC)c(O)c3-2)CC[N+]1(C)C. The first-order valence-electron chi connectivity index (χ1n) is 8.53. The number of methoxy groups -OCH3 is 2. The molecule has 0 spiro atoms. The Hall–Kier alpha value is -2.40. The number of rotatable bonds is 2. The molecular formula is C20H24NO4+. The van der Waals surface area contributed by atoms with Gasteiger partial charge in [-0.05, 0) is 34.9 Å². The standard InChI is InChI=1S/C20H23NO4/c1-21(2)6-5-11-9-17(25-4)20(23)19-13-10-16(24-3)15(22)8-12(13)7-14(21)18(11)19/h8-10,14H,5-7H2,1-4H3,(H-,22,23)/p+1/t14-/m1/s1. The highest BCUT2D eigenvalue weighted by atomic mass is 16.5. The van der Waals surface area contributed by atoms with Gasteiger partial charge in [0.05, 0.1) is 34.9 Å². The molecule has 132 valence electrons. The predicted octanol–water partition coefficient (Wildman–Crippen LogP) is 3.01. The average Bonchev–Trinajstić information content (AvgIpc) is 2.58. The van der Waals surface area contributed by atoms with Crippen molar-refractivity contribution in [1.29, 1.82) is 0 Å². The van der Waals surface area contributed by atoms with Crippen LogP contribution >= 0.6 is 0 Å². The third kappa shape index (κ3) is 2.19. The summed E-state index contributed by atoms with van der Waals surface area (Å²) in [6.45, 7) is 1.03. The molecule has 4 rings (SSSR count). The van der Waals surface area contributed by atoms with Crippen LogP contribution in [-0.2, 0) is 12.8 Å². The van der Waals surface area contributed by atoms with Crippen LogP contribution in [0.3, 0.4) is 0 Å². The van der Waals surface area contributed by atoms with Gasteiger partial charge in [0.25, 0.3) is 0 Å². The fourth-order valence-electron chi connectivity index (χ4n) is 4.38. The van der Waals surface area contributed by atoms with E-state index in [0.717, 1.165) is 40.6 Å². The van der Waals surface area contributed by atoms with Crippen molar-refractivity contribution in [1.82, 2.24) is 0 Å². The summed E-state index contributed by atoms with van der Waals surface area (Å²) >= 11 is 0. The lowest BCUT2D eigenvalue weighted by atomic mass is 9.75. The van der Waals surface area contributed by atoms with Crippen LogP contribution < -0.4 is 9.47 Å². The van der Waals surface area contributed by atoms with Crippen molar-refractivity contribution in [2.45, 2.75) is 18.9 Å². The lowest BCUT2D eigenvalue weighted by molar-refractivity contribution is -0.923. The number of hydrogen-bond donors (Lipinski definition) is 2. The van der Waals surface area contributed by atoms with Gasteiger partial charge in [-0.3, -0.25) is 0 Å². The first-order valence-corrected chi connectivity index (χ1v) is 8.53. The number of phenols is 2. The van der Waals surface area contributed by atoms with Gasteiger partial charge in [0, 0.05) is 24.0 Å². The van der Waals surface area contributed by atoms with E-state index in [2.05, 4.69) is 14.1 Å². The average molecular weight is 342 g/mol. The summed E-state index contributed by atoms with van der Waals surface area (Å²) in [5.74, 6) is 1.22. The molecule has 1 aliphatic carbocycles. The molecule has 0 unspecified atom stereocenters. The van der Waals surface area contributed by atoms with E-state index in [4.69, 9.17) is 9.47 Å². The molecule has 2 aromatic carbocycles. The highest BCUT2D eigenvalue weighted by Gasteiger charge is 2.43. The Kier molecular flexibility index (Phi) is 3.41. The fraction of sp³-hybridized carbons (Fsp3) is 0.400. The maximum absolute atomic E-state index is 10.9. The second-order valence-electron chi connectivity index (χ2n) is 7.53. The van der Waals surface area contributed by atoms with Crippen molar-refractivity contribution < 1.29 is 24.2 Å². The lowest BCUT2D eigenvalue weighted by Crippen LogP contribution is -2.49. The predicted molar refractivity (Wildman–Crippen MR) is 95.4 cm³/mol. The molecule has 2 aromatic rings. The monoisotopic (exact) mass is 342 g/mol. The molecular weight excluding hydrogens is 318 g/mol. The number of quaternary nitrogens is 1. The summed E-state index contributed by atoms with van der Waals surface area (Å²) in [7, 11) is 7.57. The van der Waals surface area contributed by atoms with E-state index < -0.39 is 0 Å². The molecule has 0 aromatic heterocycles. The van der Waals surface area contributed by atoms with Crippen LogP contribution in [0.4, 0.5) is 0 Å². The molecule has 25 heavy (non-hydrogen) atoms. The summed E-state index contributed by atoms with van der Waals surface area (Å²) in [4.78, 5) is 0. The number of nitrogens with zero attached hydrogens (tertiary/aromatic N) is 1. The minimum absolute atomic E-state index is 0.133. The van der Waals surface area contributed by atoms with Gasteiger partial charge in [-0.25, -0.2) is 0 Å². The van der Waals surface area contributed by atoms with Gasteiger partial charge in [-0.2, -0.15) is 0 Å². The van der Waals surface area contributed by atoms with E-state index in [1.165, 1.54) is 18.2 Å². The van der Waals surface area contributed by atoms with E-state index in [1.54, 1.807) is 13.2 Å². The van der Waals surface area contributed by atoms with E-state index in [9.17, 15) is 10.2 Å². The molecule has 2 aliphatic rings. The van der Waals surface area contributed by atoms with E-state index >= 15 is 0 Å². The van der Waals surface area contributed by atoms with E-state index in [0.29, 0.717) is 11.5 Å². The Balaban J connectivity index is 2.08. The summed E-state index contributed by atoms with van der Waals surface area (Å²) in [6, 6.07) is 5.81. The lowest BCUT2D eigenvalue weighted by Gasteiger charge is -2.46. The highest BCUT2D eigenvalue weighted by Crippen LogP contribution is 2.54. The molecule has 0 radical (unpaired) electrons. The van der Waals surface area contributed by atoms with Crippen LogP contribution in [0.5, 0.6) is 23.0 Å². The second-order valence-corrected chi connectivity index (χ2v) is 7.53. The third-order valence-electron chi connectivity index (χ3n) is 5.83. The molecule has 1 atom stereocenters. The molecule has 2 N–H and O–H groups in total. The zero-order chi connectivity index (χ0) is 17.9. The van der Waals surface area contributed by atoms with Gasteiger partial charge in [0.1, 0.15) is 6.04 Å². The van der Waals surface area contributed by atoms with Crippen LogP contribution in [-0.4, -0.2) is 49.6 Å². The smallest absolute Gasteiger partial charge is 0.166 e. The Morgan fingerprint density at radius 2 is 1.72 bits per heavy atom. The molecule has 0 saturated carbocycles. The number of ether oxygens (including phenoxy) is 2. The summed E-state index contributed by atoms with van der Waals surface area (Å²) in [5.41, 5.74) is 5.21. The van der Waals surface area contributed by atoms with Crippen LogP contribution in [0.25, 0.3) is 11.1 Å². The number of aromatic hydroxyl groups is 2. The van der Waals surface area contributed by atoms with Crippen molar-refractivity contribution in [3.63, 3.8) is 0 Å². The molecule has 1 heterocycles. The molecule has 0 fully saturated rings. The van der Waals surface area contributed by atoms with E-state index in [1.807, 2.05) is 12.1 Å². The van der Waals surface area contributed by atoms with E-state index in [-0.39, 0.29) is 17.5 Å². The molecule has 0 saturated heterocycles. The number of likely N-dealkylation sites (N-methyl/N-ethyl adjacent to an activating group) is 1. The van der Waals surface area contributed by atoms with Gasteiger partial charge in [-0.1, -0.05) is 0 Å². The first kappa shape index (κ1) is 16.1.